The first-order valence-corrected chi connectivity index (χ1v) is 9.44. The van der Waals surface area contributed by atoms with Crippen LogP contribution in [0.1, 0.15) is 19.4 Å². The number of hydrogen-bond donors (Lipinski definition) is 1. The van der Waals surface area contributed by atoms with E-state index in [-0.39, 0.29) is 17.9 Å². The first-order chi connectivity index (χ1) is 12.3. The summed E-state index contributed by atoms with van der Waals surface area (Å²) in [6, 6.07) is 7.83. The molecule has 0 bridgehead atoms. The van der Waals surface area contributed by atoms with Crippen LogP contribution in [0, 0.1) is 0 Å². The van der Waals surface area contributed by atoms with Gasteiger partial charge >= 0.3 is 0 Å². The van der Waals surface area contributed by atoms with Gasteiger partial charge in [-0.3, -0.25) is 19.4 Å². The normalized spacial score (nSPS) is 15.5. The number of nitrogens with one attached hydrogen (secondary N) is 1. The lowest BCUT2D eigenvalue weighted by atomic mass is 10.2. The Kier molecular flexibility index (Phi) is 7.87. The molecule has 1 aromatic rings. The highest BCUT2D eigenvalue weighted by atomic mass is 35.5. The zero-order valence-corrected chi connectivity index (χ0v) is 16.6. The van der Waals surface area contributed by atoms with Crippen molar-refractivity contribution >= 4 is 23.4 Å². The van der Waals surface area contributed by atoms with Gasteiger partial charge in [0, 0.05) is 43.8 Å². The summed E-state index contributed by atoms with van der Waals surface area (Å²) in [4.78, 5) is 30.3. The molecule has 6 nitrogen and oxygen atoms in total. The second kappa shape index (κ2) is 9.90. The number of amides is 2. The Balaban J connectivity index is 1.72. The molecule has 26 heavy (non-hydrogen) atoms. The van der Waals surface area contributed by atoms with Crippen molar-refractivity contribution in [2.24, 2.45) is 0 Å². The van der Waals surface area contributed by atoms with E-state index < -0.39 is 0 Å². The molecule has 0 aliphatic carbocycles. The summed E-state index contributed by atoms with van der Waals surface area (Å²) in [7, 11) is 1.94. The van der Waals surface area contributed by atoms with Crippen molar-refractivity contribution in [2.75, 3.05) is 46.3 Å². The summed E-state index contributed by atoms with van der Waals surface area (Å²) in [5.74, 6) is 0.176. The molecule has 1 heterocycles. The summed E-state index contributed by atoms with van der Waals surface area (Å²) in [6.45, 7) is 8.21. The van der Waals surface area contributed by atoms with E-state index in [0.29, 0.717) is 37.7 Å². The first kappa shape index (κ1) is 20.7. The molecule has 7 heteroatoms. The van der Waals surface area contributed by atoms with E-state index in [4.69, 9.17) is 11.6 Å². The number of likely N-dealkylation sites (N-methyl/N-ethyl adjacent to an activating group) is 1. The van der Waals surface area contributed by atoms with Crippen LogP contribution in [0.3, 0.4) is 0 Å². The minimum Gasteiger partial charge on any atom is -0.353 e. The van der Waals surface area contributed by atoms with E-state index in [1.807, 2.05) is 55.0 Å². The lowest BCUT2D eigenvalue weighted by Gasteiger charge is -2.35. The lowest BCUT2D eigenvalue weighted by Crippen LogP contribution is -2.53. The van der Waals surface area contributed by atoms with Crippen molar-refractivity contribution < 1.29 is 9.59 Å². The van der Waals surface area contributed by atoms with Gasteiger partial charge in [0.25, 0.3) is 0 Å². The Hall–Kier alpha value is -1.63. The molecular weight excluding hydrogens is 352 g/mol. The molecule has 1 aromatic carbocycles. The fourth-order valence-corrected chi connectivity index (χ4v) is 3.14. The molecule has 1 fully saturated rings. The molecular formula is C19H29ClN4O2. The third-order valence-electron chi connectivity index (χ3n) is 4.31. The second-order valence-corrected chi connectivity index (χ2v) is 7.61. The van der Waals surface area contributed by atoms with Gasteiger partial charge in [-0.1, -0.05) is 23.7 Å². The fourth-order valence-electron chi connectivity index (χ4n) is 3.01. The molecule has 1 N–H and O–H groups in total. The summed E-state index contributed by atoms with van der Waals surface area (Å²) in [5, 5.41) is 3.62. The standard InChI is InChI=1S/C19H29ClN4O2/c1-15(2)21-18(25)13-23-8-10-24(11-9-23)19(26)14-22(3)12-16-4-6-17(20)7-5-16/h4-7,15H,8-14H2,1-3H3,(H,21,25). The zero-order chi connectivity index (χ0) is 19.1. The quantitative estimate of drug-likeness (QED) is 0.777. The van der Waals surface area contributed by atoms with E-state index in [1.54, 1.807) is 0 Å². The predicted molar refractivity (Wildman–Crippen MR) is 104 cm³/mol. The van der Waals surface area contributed by atoms with Gasteiger partial charge in [0.1, 0.15) is 0 Å². The number of piperazine rings is 1. The maximum absolute atomic E-state index is 12.5. The molecule has 0 unspecified atom stereocenters. The van der Waals surface area contributed by atoms with E-state index >= 15 is 0 Å². The fraction of sp³-hybridized carbons (Fsp3) is 0.579. The molecule has 0 aromatic heterocycles. The van der Waals surface area contributed by atoms with E-state index in [2.05, 4.69) is 10.2 Å². The molecule has 1 saturated heterocycles. The lowest BCUT2D eigenvalue weighted by molar-refractivity contribution is -0.134. The van der Waals surface area contributed by atoms with Crippen LogP contribution in [0.25, 0.3) is 0 Å². The molecule has 0 atom stereocenters. The van der Waals surface area contributed by atoms with Gasteiger partial charge < -0.3 is 10.2 Å². The molecule has 1 aliphatic rings. The number of carbonyl (C=O) groups excluding carboxylic acids is 2. The van der Waals surface area contributed by atoms with E-state index in [9.17, 15) is 9.59 Å². The minimum absolute atomic E-state index is 0.0440. The van der Waals surface area contributed by atoms with Gasteiger partial charge in [0.2, 0.25) is 11.8 Å². The van der Waals surface area contributed by atoms with E-state index in [1.165, 1.54) is 0 Å². The van der Waals surface area contributed by atoms with Gasteiger partial charge in [-0.15, -0.1) is 0 Å². The first-order valence-electron chi connectivity index (χ1n) is 9.06. The van der Waals surface area contributed by atoms with Crippen LogP contribution < -0.4 is 5.32 Å². The van der Waals surface area contributed by atoms with Crippen molar-refractivity contribution in [2.45, 2.75) is 26.4 Å². The molecule has 0 radical (unpaired) electrons. The van der Waals surface area contributed by atoms with Crippen molar-refractivity contribution in [3.63, 3.8) is 0 Å². The predicted octanol–water partition coefficient (Wildman–Crippen LogP) is 1.44. The van der Waals surface area contributed by atoms with E-state index in [0.717, 1.165) is 18.7 Å². The number of carbonyl (C=O) groups is 2. The van der Waals surface area contributed by atoms with Crippen LogP contribution in [-0.4, -0.2) is 78.9 Å². The average Bonchev–Trinajstić information content (AvgIpc) is 2.56. The van der Waals surface area contributed by atoms with Gasteiger partial charge in [0.05, 0.1) is 13.1 Å². The van der Waals surface area contributed by atoms with Crippen LogP contribution in [0.2, 0.25) is 5.02 Å². The van der Waals surface area contributed by atoms with Gasteiger partial charge in [-0.25, -0.2) is 0 Å². The molecule has 0 saturated carbocycles. The van der Waals surface area contributed by atoms with Crippen LogP contribution in [0.5, 0.6) is 0 Å². The van der Waals surface area contributed by atoms with Gasteiger partial charge in [0.15, 0.2) is 0 Å². The van der Waals surface area contributed by atoms with Crippen molar-refractivity contribution in [3.05, 3.63) is 34.9 Å². The van der Waals surface area contributed by atoms with Crippen molar-refractivity contribution in [1.29, 1.82) is 0 Å². The highest BCUT2D eigenvalue weighted by Gasteiger charge is 2.23. The van der Waals surface area contributed by atoms with Crippen molar-refractivity contribution in [1.82, 2.24) is 20.0 Å². The maximum Gasteiger partial charge on any atom is 0.236 e. The highest BCUT2D eigenvalue weighted by molar-refractivity contribution is 6.30. The molecule has 144 valence electrons. The minimum atomic E-state index is 0.0440. The molecule has 2 rings (SSSR count). The Morgan fingerprint density at radius 1 is 1.15 bits per heavy atom. The maximum atomic E-state index is 12.5. The van der Waals surface area contributed by atoms with Crippen LogP contribution >= 0.6 is 11.6 Å². The van der Waals surface area contributed by atoms with Crippen LogP contribution in [0.15, 0.2) is 24.3 Å². The summed E-state index contributed by atoms with van der Waals surface area (Å²) >= 11 is 5.90. The number of benzene rings is 1. The van der Waals surface area contributed by atoms with Crippen LogP contribution in [-0.2, 0) is 16.1 Å². The number of nitrogens with zero attached hydrogens (tertiary/aromatic N) is 3. The summed E-state index contributed by atoms with van der Waals surface area (Å²) in [6.07, 6.45) is 0. The molecule has 2 amide bonds. The molecule has 1 aliphatic heterocycles. The third kappa shape index (κ3) is 6.94. The van der Waals surface area contributed by atoms with Crippen LogP contribution in [0.4, 0.5) is 0 Å². The summed E-state index contributed by atoms with van der Waals surface area (Å²) < 4.78 is 0. The monoisotopic (exact) mass is 380 g/mol. The Labute approximate surface area is 161 Å². The third-order valence-corrected chi connectivity index (χ3v) is 4.56. The zero-order valence-electron chi connectivity index (χ0n) is 15.9. The van der Waals surface area contributed by atoms with Gasteiger partial charge in [-0.05, 0) is 38.6 Å². The Morgan fingerprint density at radius 2 is 1.77 bits per heavy atom. The topological polar surface area (TPSA) is 55.9 Å². The largest absolute Gasteiger partial charge is 0.353 e. The Bertz CT molecular complexity index is 598. The number of halogens is 1. The summed E-state index contributed by atoms with van der Waals surface area (Å²) in [5.41, 5.74) is 1.13. The number of hydrogen-bond acceptors (Lipinski definition) is 4. The second-order valence-electron chi connectivity index (χ2n) is 7.18. The van der Waals surface area contributed by atoms with Crippen molar-refractivity contribution in [3.8, 4) is 0 Å². The van der Waals surface area contributed by atoms with Gasteiger partial charge in [-0.2, -0.15) is 0 Å². The number of rotatable bonds is 7. The highest BCUT2D eigenvalue weighted by Crippen LogP contribution is 2.11. The molecule has 0 spiro atoms. The average molecular weight is 381 g/mol. The smallest absolute Gasteiger partial charge is 0.236 e. The SMILES string of the molecule is CC(C)NC(=O)CN1CCN(C(=O)CN(C)Cc2ccc(Cl)cc2)CC1. The Morgan fingerprint density at radius 3 is 2.35 bits per heavy atom.